The van der Waals surface area contributed by atoms with Crippen LogP contribution < -0.4 is 15.2 Å². The van der Waals surface area contributed by atoms with Crippen molar-refractivity contribution in [2.24, 2.45) is 5.73 Å². The SMILES string of the molecule is Cc1ccnc(-c2cc(/C=C/c3ccc(N(C)C)cc3)cc[n+]2CCN)c1. The van der Waals surface area contributed by atoms with Crippen molar-refractivity contribution >= 4 is 17.8 Å². The number of hydrogen-bond donors (Lipinski definition) is 1. The Kier molecular flexibility index (Phi) is 5.99. The second kappa shape index (κ2) is 8.60. The third-order valence-corrected chi connectivity index (χ3v) is 4.49. The van der Waals surface area contributed by atoms with E-state index in [1.807, 2.05) is 26.4 Å². The van der Waals surface area contributed by atoms with E-state index in [2.05, 4.69) is 82.2 Å². The van der Waals surface area contributed by atoms with E-state index in [-0.39, 0.29) is 0 Å². The average molecular weight is 359 g/mol. The van der Waals surface area contributed by atoms with Gasteiger partial charge >= 0.3 is 0 Å². The largest absolute Gasteiger partial charge is 0.378 e. The number of benzene rings is 1. The first-order valence-corrected chi connectivity index (χ1v) is 9.19. The van der Waals surface area contributed by atoms with Gasteiger partial charge in [-0.1, -0.05) is 24.3 Å². The van der Waals surface area contributed by atoms with Crippen LogP contribution in [0.5, 0.6) is 0 Å². The maximum Gasteiger partial charge on any atom is 0.231 e. The summed E-state index contributed by atoms with van der Waals surface area (Å²) in [4.78, 5) is 6.65. The van der Waals surface area contributed by atoms with Gasteiger partial charge in [0.05, 0.1) is 6.54 Å². The van der Waals surface area contributed by atoms with Gasteiger partial charge in [0.1, 0.15) is 5.69 Å². The van der Waals surface area contributed by atoms with E-state index in [0.717, 1.165) is 23.5 Å². The standard InChI is InChI=1S/C23H27N4/c1-18-10-13-25-22(16-18)23-17-20(11-14-27(23)15-12-24)5-4-19-6-8-21(9-7-19)26(2)3/h4-11,13-14,16-17H,12,15,24H2,1-3H3/q+1. The van der Waals surface area contributed by atoms with E-state index in [0.29, 0.717) is 6.54 Å². The minimum atomic E-state index is 0.594. The fourth-order valence-corrected chi connectivity index (χ4v) is 2.96. The van der Waals surface area contributed by atoms with Crippen molar-refractivity contribution in [3.05, 3.63) is 77.6 Å². The summed E-state index contributed by atoms with van der Waals surface area (Å²) in [5, 5.41) is 0. The van der Waals surface area contributed by atoms with Crippen molar-refractivity contribution in [3.8, 4) is 11.4 Å². The van der Waals surface area contributed by atoms with E-state index in [4.69, 9.17) is 5.73 Å². The van der Waals surface area contributed by atoms with Crippen molar-refractivity contribution in [2.75, 3.05) is 25.5 Å². The number of anilines is 1. The van der Waals surface area contributed by atoms with Crippen LogP contribution >= 0.6 is 0 Å². The third kappa shape index (κ3) is 4.80. The van der Waals surface area contributed by atoms with Crippen LogP contribution in [-0.4, -0.2) is 25.6 Å². The van der Waals surface area contributed by atoms with E-state index in [1.54, 1.807) is 0 Å². The second-order valence-electron chi connectivity index (χ2n) is 6.87. The Morgan fingerprint density at radius 3 is 2.41 bits per heavy atom. The highest BCUT2D eigenvalue weighted by Gasteiger charge is 2.14. The van der Waals surface area contributed by atoms with E-state index in [1.165, 1.54) is 16.8 Å². The lowest BCUT2D eigenvalue weighted by Gasteiger charge is -2.11. The van der Waals surface area contributed by atoms with Gasteiger partial charge in [0.25, 0.3) is 0 Å². The Morgan fingerprint density at radius 1 is 1.00 bits per heavy atom. The molecule has 0 fully saturated rings. The van der Waals surface area contributed by atoms with Gasteiger partial charge in [-0.25, -0.2) is 4.98 Å². The summed E-state index contributed by atoms with van der Waals surface area (Å²) in [5.74, 6) is 0. The zero-order chi connectivity index (χ0) is 19.2. The number of hydrogen-bond acceptors (Lipinski definition) is 3. The Morgan fingerprint density at radius 2 is 1.74 bits per heavy atom. The molecule has 0 aliphatic rings. The lowest BCUT2D eigenvalue weighted by atomic mass is 10.1. The van der Waals surface area contributed by atoms with Gasteiger partial charge in [0.15, 0.2) is 12.7 Å². The number of nitrogens with two attached hydrogens (primary N) is 1. The zero-order valence-corrected chi connectivity index (χ0v) is 16.3. The number of pyridine rings is 2. The molecule has 3 rings (SSSR count). The molecule has 138 valence electrons. The number of rotatable bonds is 6. The molecule has 1 aromatic carbocycles. The van der Waals surface area contributed by atoms with Crippen LogP contribution in [0.25, 0.3) is 23.5 Å². The molecule has 0 spiro atoms. The van der Waals surface area contributed by atoms with Crippen LogP contribution in [0.4, 0.5) is 5.69 Å². The summed E-state index contributed by atoms with van der Waals surface area (Å²) in [6.07, 6.45) is 8.21. The molecule has 0 amide bonds. The van der Waals surface area contributed by atoms with Crippen LogP contribution in [0.1, 0.15) is 16.7 Å². The van der Waals surface area contributed by atoms with Crippen LogP contribution in [-0.2, 0) is 6.54 Å². The molecule has 0 saturated carbocycles. The Bertz CT molecular complexity index is 927. The molecule has 3 aromatic rings. The van der Waals surface area contributed by atoms with Gasteiger partial charge in [-0.05, 0) is 47.9 Å². The first-order valence-electron chi connectivity index (χ1n) is 9.19. The molecule has 0 aliphatic heterocycles. The van der Waals surface area contributed by atoms with E-state index in [9.17, 15) is 0 Å². The summed E-state index contributed by atoms with van der Waals surface area (Å²) < 4.78 is 2.16. The smallest absolute Gasteiger partial charge is 0.231 e. The predicted molar refractivity (Wildman–Crippen MR) is 113 cm³/mol. The van der Waals surface area contributed by atoms with Gasteiger partial charge in [-0.15, -0.1) is 0 Å². The number of nitrogens with zero attached hydrogens (tertiary/aromatic N) is 3. The minimum absolute atomic E-state index is 0.594. The summed E-state index contributed by atoms with van der Waals surface area (Å²) >= 11 is 0. The highest BCUT2D eigenvalue weighted by Crippen LogP contribution is 2.18. The molecular formula is C23H27N4+. The molecule has 0 bridgehead atoms. The number of aromatic nitrogens is 2. The number of aryl methyl sites for hydroxylation is 1. The van der Waals surface area contributed by atoms with Crippen molar-refractivity contribution in [1.29, 1.82) is 0 Å². The summed E-state index contributed by atoms with van der Waals surface area (Å²) in [7, 11) is 4.10. The van der Waals surface area contributed by atoms with Crippen LogP contribution in [0, 0.1) is 6.92 Å². The minimum Gasteiger partial charge on any atom is -0.378 e. The molecule has 0 unspecified atom stereocenters. The van der Waals surface area contributed by atoms with Crippen LogP contribution in [0.2, 0.25) is 0 Å². The predicted octanol–water partition coefficient (Wildman–Crippen LogP) is 3.54. The first-order chi connectivity index (χ1) is 13.1. The molecule has 2 heterocycles. The molecule has 0 saturated heterocycles. The quantitative estimate of drug-likeness (QED) is 0.685. The maximum atomic E-state index is 5.78. The Balaban J connectivity index is 1.91. The van der Waals surface area contributed by atoms with Gasteiger partial charge in [0.2, 0.25) is 5.69 Å². The van der Waals surface area contributed by atoms with E-state index < -0.39 is 0 Å². The molecule has 0 radical (unpaired) electrons. The Labute approximate surface area is 161 Å². The van der Waals surface area contributed by atoms with Crippen molar-refractivity contribution < 1.29 is 4.57 Å². The monoisotopic (exact) mass is 359 g/mol. The van der Waals surface area contributed by atoms with Crippen molar-refractivity contribution in [3.63, 3.8) is 0 Å². The molecule has 2 N–H and O–H groups in total. The summed E-state index contributed by atoms with van der Waals surface area (Å²) in [6.45, 7) is 3.44. The topological polar surface area (TPSA) is 46.0 Å². The lowest BCUT2D eigenvalue weighted by Crippen LogP contribution is -2.39. The van der Waals surface area contributed by atoms with Crippen molar-refractivity contribution in [1.82, 2.24) is 4.98 Å². The van der Waals surface area contributed by atoms with E-state index >= 15 is 0 Å². The molecule has 4 nitrogen and oxygen atoms in total. The third-order valence-electron chi connectivity index (χ3n) is 4.49. The molecule has 0 aliphatic carbocycles. The van der Waals surface area contributed by atoms with Gasteiger partial charge in [0, 0.05) is 38.1 Å². The average Bonchev–Trinajstić information content (AvgIpc) is 2.67. The first kappa shape index (κ1) is 18.8. The second-order valence-corrected chi connectivity index (χ2v) is 6.87. The summed E-state index contributed by atoms with van der Waals surface area (Å²) in [6, 6.07) is 16.9. The zero-order valence-electron chi connectivity index (χ0n) is 16.3. The normalized spacial score (nSPS) is 11.1. The fourth-order valence-electron chi connectivity index (χ4n) is 2.96. The van der Waals surface area contributed by atoms with Gasteiger partial charge in [-0.2, -0.15) is 4.57 Å². The van der Waals surface area contributed by atoms with Gasteiger partial charge < -0.3 is 10.6 Å². The maximum absolute atomic E-state index is 5.78. The molecule has 2 aromatic heterocycles. The molecule has 0 atom stereocenters. The van der Waals surface area contributed by atoms with Gasteiger partial charge in [-0.3, -0.25) is 0 Å². The van der Waals surface area contributed by atoms with Crippen LogP contribution in [0.3, 0.4) is 0 Å². The Hall–Kier alpha value is -2.98. The molecule has 27 heavy (non-hydrogen) atoms. The molecule has 4 heteroatoms. The fraction of sp³-hybridized carbons (Fsp3) is 0.217. The van der Waals surface area contributed by atoms with Crippen molar-refractivity contribution in [2.45, 2.75) is 13.5 Å². The lowest BCUT2D eigenvalue weighted by molar-refractivity contribution is -0.683. The molecular weight excluding hydrogens is 332 g/mol. The highest BCUT2D eigenvalue weighted by molar-refractivity contribution is 5.71. The summed E-state index contributed by atoms with van der Waals surface area (Å²) in [5.41, 5.74) is 12.5. The van der Waals surface area contributed by atoms with Crippen LogP contribution in [0.15, 0.2) is 60.9 Å². The highest BCUT2D eigenvalue weighted by atomic mass is 15.1.